The average molecular weight is 314 g/mol. The van der Waals surface area contributed by atoms with Gasteiger partial charge >= 0.3 is 0 Å². The van der Waals surface area contributed by atoms with Gasteiger partial charge in [0.15, 0.2) is 5.82 Å². The van der Waals surface area contributed by atoms with E-state index in [-0.39, 0.29) is 6.04 Å². The normalized spacial score (nSPS) is 12.6. The van der Waals surface area contributed by atoms with Crippen molar-refractivity contribution >= 4 is 23.2 Å². The molecular formula is C14H17Cl2N3O. The molecule has 1 atom stereocenters. The van der Waals surface area contributed by atoms with E-state index in [0.29, 0.717) is 28.2 Å². The predicted molar refractivity (Wildman–Crippen MR) is 80.2 cm³/mol. The van der Waals surface area contributed by atoms with Crippen LogP contribution in [0.25, 0.3) is 0 Å². The quantitative estimate of drug-likeness (QED) is 0.884. The third kappa shape index (κ3) is 4.47. The Bertz CT molecular complexity index is 569. The molecule has 0 saturated heterocycles. The first-order chi connectivity index (χ1) is 9.54. The van der Waals surface area contributed by atoms with Crippen molar-refractivity contribution in [2.45, 2.75) is 38.6 Å². The maximum absolute atomic E-state index is 5.98. The Balaban J connectivity index is 1.93. The molecule has 0 bridgehead atoms. The summed E-state index contributed by atoms with van der Waals surface area (Å²) in [7, 11) is 0. The number of hydrogen-bond acceptors (Lipinski definition) is 4. The van der Waals surface area contributed by atoms with E-state index in [9.17, 15) is 0 Å². The molecule has 1 unspecified atom stereocenters. The van der Waals surface area contributed by atoms with E-state index in [1.807, 2.05) is 19.1 Å². The number of hydrogen-bond donors (Lipinski definition) is 1. The smallest absolute Gasteiger partial charge is 0.226 e. The first kappa shape index (κ1) is 15.3. The van der Waals surface area contributed by atoms with Gasteiger partial charge in [0, 0.05) is 18.9 Å². The summed E-state index contributed by atoms with van der Waals surface area (Å²) in [6.07, 6.45) is 3.24. The standard InChI is InChI=1S/C14H17Cl2N3O/c1-9(17)3-2-4-14-18-13(19-20-14)8-10-5-6-11(15)12(16)7-10/h5-7,9H,2-4,8,17H2,1H3. The van der Waals surface area contributed by atoms with Crippen molar-refractivity contribution in [2.24, 2.45) is 5.73 Å². The van der Waals surface area contributed by atoms with E-state index in [0.717, 1.165) is 24.8 Å². The Morgan fingerprint density at radius 3 is 2.80 bits per heavy atom. The van der Waals surface area contributed by atoms with Gasteiger partial charge < -0.3 is 10.3 Å². The molecule has 0 amide bonds. The molecule has 2 rings (SSSR count). The Labute approximate surface area is 128 Å². The largest absolute Gasteiger partial charge is 0.339 e. The summed E-state index contributed by atoms with van der Waals surface area (Å²) in [6, 6.07) is 5.69. The second-order valence-electron chi connectivity index (χ2n) is 4.90. The Morgan fingerprint density at radius 2 is 2.10 bits per heavy atom. The lowest BCUT2D eigenvalue weighted by Gasteiger charge is -2.01. The molecule has 6 heteroatoms. The highest BCUT2D eigenvalue weighted by Gasteiger charge is 2.08. The molecule has 0 spiro atoms. The summed E-state index contributed by atoms with van der Waals surface area (Å²) < 4.78 is 5.21. The molecule has 1 aromatic carbocycles. The zero-order chi connectivity index (χ0) is 14.5. The fourth-order valence-electron chi connectivity index (χ4n) is 1.87. The molecule has 20 heavy (non-hydrogen) atoms. The van der Waals surface area contributed by atoms with Crippen LogP contribution in [0, 0.1) is 0 Å². The van der Waals surface area contributed by atoms with Crippen LogP contribution in [-0.4, -0.2) is 16.2 Å². The Kier molecular flexibility index (Phi) is 5.40. The maximum Gasteiger partial charge on any atom is 0.226 e. The molecule has 0 saturated carbocycles. The molecule has 0 fully saturated rings. The number of nitrogens with zero attached hydrogens (tertiary/aromatic N) is 2. The van der Waals surface area contributed by atoms with Gasteiger partial charge in [0.05, 0.1) is 10.0 Å². The second-order valence-corrected chi connectivity index (χ2v) is 5.71. The Hall–Kier alpha value is -1.10. The fourth-order valence-corrected chi connectivity index (χ4v) is 2.19. The van der Waals surface area contributed by atoms with Gasteiger partial charge in [-0.15, -0.1) is 0 Å². The maximum atomic E-state index is 5.98. The van der Waals surface area contributed by atoms with Gasteiger partial charge in [0.1, 0.15) is 0 Å². The van der Waals surface area contributed by atoms with Crippen LogP contribution in [0.2, 0.25) is 10.0 Å². The van der Waals surface area contributed by atoms with E-state index in [2.05, 4.69) is 10.1 Å². The van der Waals surface area contributed by atoms with Gasteiger partial charge in [0.2, 0.25) is 5.89 Å². The Morgan fingerprint density at radius 1 is 1.30 bits per heavy atom. The summed E-state index contributed by atoms with van der Waals surface area (Å²) in [4.78, 5) is 4.36. The summed E-state index contributed by atoms with van der Waals surface area (Å²) in [6.45, 7) is 1.99. The summed E-state index contributed by atoms with van der Waals surface area (Å²) >= 11 is 11.9. The lowest BCUT2D eigenvalue weighted by Crippen LogP contribution is -2.14. The van der Waals surface area contributed by atoms with Gasteiger partial charge in [-0.2, -0.15) is 4.98 Å². The number of rotatable bonds is 6. The van der Waals surface area contributed by atoms with Crippen molar-refractivity contribution in [3.63, 3.8) is 0 Å². The zero-order valence-corrected chi connectivity index (χ0v) is 12.8. The third-order valence-electron chi connectivity index (χ3n) is 2.91. The molecule has 108 valence electrons. The van der Waals surface area contributed by atoms with Gasteiger partial charge in [-0.25, -0.2) is 0 Å². The molecule has 0 radical (unpaired) electrons. The lowest BCUT2D eigenvalue weighted by molar-refractivity contribution is 0.368. The molecule has 0 aliphatic heterocycles. The number of aromatic nitrogens is 2. The van der Waals surface area contributed by atoms with E-state index in [1.54, 1.807) is 6.07 Å². The predicted octanol–water partition coefficient (Wildman–Crippen LogP) is 3.64. The minimum atomic E-state index is 0.202. The van der Waals surface area contributed by atoms with Crippen LogP contribution in [0.15, 0.2) is 22.7 Å². The zero-order valence-electron chi connectivity index (χ0n) is 11.3. The topological polar surface area (TPSA) is 64.9 Å². The van der Waals surface area contributed by atoms with Gasteiger partial charge in [0.25, 0.3) is 0 Å². The number of benzene rings is 1. The first-order valence-corrected chi connectivity index (χ1v) is 7.31. The van der Waals surface area contributed by atoms with Crippen LogP contribution in [-0.2, 0) is 12.8 Å². The number of halogens is 2. The highest BCUT2D eigenvalue weighted by atomic mass is 35.5. The molecule has 1 heterocycles. The van der Waals surface area contributed by atoms with Crippen LogP contribution in [0.3, 0.4) is 0 Å². The van der Waals surface area contributed by atoms with E-state index >= 15 is 0 Å². The van der Waals surface area contributed by atoms with Crippen LogP contribution in [0.4, 0.5) is 0 Å². The van der Waals surface area contributed by atoms with Crippen molar-refractivity contribution in [3.8, 4) is 0 Å². The van der Waals surface area contributed by atoms with Crippen molar-refractivity contribution in [2.75, 3.05) is 0 Å². The summed E-state index contributed by atoms with van der Waals surface area (Å²) in [5.41, 5.74) is 6.70. The van der Waals surface area contributed by atoms with Crippen molar-refractivity contribution < 1.29 is 4.52 Å². The first-order valence-electron chi connectivity index (χ1n) is 6.55. The van der Waals surface area contributed by atoms with Crippen molar-refractivity contribution in [1.82, 2.24) is 10.1 Å². The second kappa shape index (κ2) is 7.07. The van der Waals surface area contributed by atoms with Gasteiger partial charge in [-0.3, -0.25) is 0 Å². The lowest BCUT2D eigenvalue weighted by atomic mass is 10.1. The molecule has 0 aliphatic carbocycles. The minimum absolute atomic E-state index is 0.202. The molecule has 2 aromatic rings. The van der Waals surface area contributed by atoms with Gasteiger partial charge in [-0.1, -0.05) is 34.4 Å². The molecular weight excluding hydrogens is 297 g/mol. The average Bonchev–Trinajstić information content (AvgIpc) is 2.81. The summed E-state index contributed by atoms with van der Waals surface area (Å²) in [5.74, 6) is 1.31. The summed E-state index contributed by atoms with van der Waals surface area (Å²) in [5, 5.41) is 5.04. The van der Waals surface area contributed by atoms with Crippen LogP contribution < -0.4 is 5.73 Å². The third-order valence-corrected chi connectivity index (χ3v) is 3.65. The molecule has 4 nitrogen and oxygen atoms in total. The number of nitrogens with two attached hydrogens (primary N) is 1. The van der Waals surface area contributed by atoms with E-state index < -0.39 is 0 Å². The molecule has 2 N–H and O–H groups in total. The van der Waals surface area contributed by atoms with Crippen LogP contribution >= 0.6 is 23.2 Å². The van der Waals surface area contributed by atoms with E-state index in [4.69, 9.17) is 33.5 Å². The van der Waals surface area contributed by atoms with Crippen LogP contribution in [0.1, 0.15) is 37.0 Å². The molecule has 1 aromatic heterocycles. The highest BCUT2D eigenvalue weighted by molar-refractivity contribution is 6.42. The minimum Gasteiger partial charge on any atom is -0.339 e. The number of aryl methyl sites for hydroxylation is 1. The van der Waals surface area contributed by atoms with Gasteiger partial charge in [-0.05, 0) is 37.5 Å². The van der Waals surface area contributed by atoms with Crippen LogP contribution in [0.5, 0.6) is 0 Å². The van der Waals surface area contributed by atoms with E-state index in [1.165, 1.54) is 0 Å². The SMILES string of the molecule is CC(N)CCCc1nc(Cc2ccc(Cl)c(Cl)c2)no1. The monoisotopic (exact) mass is 313 g/mol. The fraction of sp³-hybridized carbons (Fsp3) is 0.429. The van der Waals surface area contributed by atoms with Crippen molar-refractivity contribution in [1.29, 1.82) is 0 Å². The highest BCUT2D eigenvalue weighted by Crippen LogP contribution is 2.23. The van der Waals surface area contributed by atoms with Crippen molar-refractivity contribution in [3.05, 3.63) is 45.5 Å². The molecule has 0 aliphatic rings.